The van der Waals surface area contributed by atoms with Crippen molar-refractivity contribution in [1.29, 1.82) is 0 Å². The molecule has 0 saturated heterocycles. The van der Waals surface area contributed by atoms with Gasteiger partial charge in [-0.3, -0.25) is 9.59 Å². The largest absolute Gasteiger partial charge is 0.391 e. The summed E-state index contributed by atoms with van der Waals surface area (Å²) in [7, 11) is 0. The molecule has 0 fully saturated rings. The van der Waals surface area contributed by atoms with Crippen LogP contribution in [0.15, 0.2) is 18.2 Å². The van der Waals surface area contributed by atoms with Gasteiger partial charge in [-0.1, -0.05) is 13.3 Å². The Morgan fingerprint density at radius 3 is 2.96 bits per heavy atom. The normalized spacial score (nSPS) is 15.3. The van der Waals surface area contributed by atoms with Crippen molar-refractivity contribution in [2.45, 2.75) is 45.1 Å². The van der Waals surface area contributed by atoms with E-state index in [0.29, 0.717) is 24.9 Å². The van der Waals surface area contributed by atoms with Crippen LogP contribution >= 0.6 is 0 Å². The van der Waals surface area contributed by atoms with E-state index in [-0.39, 0.29) is 37.1 Å². The standard InChI is InChI=1S/C17H23FN2O3/c1-2-3-14(21)11-19-16(22)8-9-20-15-6-5-13(18)10-12(15)4-7-17(20)23/h5-6,10,14,21H,2-4,7-9,11H2,1H3,(H,19,22). The van der Waals surface area contributed by atoms with Gasteiger partial charge in [-0.15, -0.1) is 0 Å². The van der Waals surface area contributed by atoms with Gasteiger partial charge in [0, 0.05) is 31.6 Å². The van der Waals surface area contributed by atoms with E-state index in [9.17, 15) is 19.1 Å². The molecule has 0 aromatic heterocycles. The minimum atomic E-state index is -0.538. The minimum absolute atomic E-state index is 0.0528. The Bertz CT molecular complexity index is 577. The topological polar surface area (TPSA) is 69.6 Å². The average molecular weight is 322 g/mol. The van der Waals surface area contributed by atoms with E-state index in [1.165, 1.54) is 12.1 Å². The number of aliphatic hydroxyl groups is 1. The molecule has 1 aromatic carbocycles. The number of benzene rings is 1. The van der Waals surface area contributed by atoms with Crippen molar-refractivity contribution < 1.29 is 19.1 Å². The van der Waals surface area contributed by atoms with Gasteiger partial charge in [-0.2, -0.15) is 0 Å². The van der Waals surface area contributed by atoms with Gasteiger partial charge in [-0.25, -0.2) is 4.39 Å². The van der Waals surface area contributed by atoms with Crippen LogP contribution in [0.25, 0.3) is 0 Å². The lowest BCUT2D eigenvalue weighted by Gasteiger charge is -2.29. The van der Waals surface area contributed by atoms with E-state index < -0.39 is 6.10 Å². The van der Waals surface area contributed by atoms with Gasteiger partial charge in [0.15, 0.2) is 0 Å². The van der Waals surface area contributed by atoms with Crippen molar-refractivity contribution in [1.82, 2.24) is 5.32 Å². The smallest absolute Gasteiger partial charge is 0.227 e. The van der Waals surface area contributed by atoms with E-state index >= 15 is 0 Å². The van der Waals surface area contributed by atoms with Gasteiger partial charge in [-0.05, 0) is 36.6 Å². The van der Waals surface area contributed by atoms with Gasteiger partial charge in [0.2, 0.25) is 11.8 Å². The summed E-state index contributed by atoms with van der Waals surface area (Å²) in [5, 5.41) is 12.3. The zero-order chi connectivity index (χ0) is 16.8. The van der Waals surface area contributed by atoms with Gasteiger partial charge >= 0.3 is 0 Å². The van der Waals surface area contributed by atoms with E-state index in [1.807, 2.05) is 6.92 Å². The number of carbonyl (C=O) groups excluding carboxylic acids is 2. The molecule has 5 nitrogen and oxygen atoms in total. The van der Waals surface area contributed by atoms with Crippen molar-refractivity contribution in [3.8, 4) is 0 Å². The zero-order valence-corrected chi connectivity index (χ0v) is 13.3. The molecule has 0 aliphatic carbocycles. The Morgan fingerprint density at radius 2 is 2.22 bits per heavy atom. The molecule has 1 aliphatic heterocycles. The predicted octanol–water partition coefficient (Wildman–Crippen LogP) is 1.77. The zero-order valence-electron chi connectivity index (χ0n) is 13.3. The second-order valence-electron chi connectivity index (χ2n) is 5.81. The average Bonchev–Trinajstić information content (AvgIpc) is 2.52. The first-order valence-electron chi connectivity index (χ1n) is 8.04. The molecule has 6 heteroatoms. The number of hydrogen-bond donors (Lipinski definition) is 2. The number of nitrogens with one attached hydrogen (secondary N) is 1. The Hall–Kier alpha value is -1.95. The number of hydrogen-bond acceptors (Lipinski definition) is 3. The van der Waals surface area contributed by atoms with E-state index in [4.69, 9.17) is 0 Å². The molecular weight excluding hydrogens is 299 g/mol. The predicted molar refractivity (Wildman–Crippen MR) is 85.6 cm³/mol. The van der Waals surface area contributed by atoms with Crippen LogP contribution in [-0.4, -0.2) is 36.1 Å². The number of anilines is 1. The first-order chi connectivity index (χ1) is 11.0. The molecule has 2 rings (SSSR count). The Kier molecular flexibility index (Phi) is 6.10. The van der Waals surface area contributed by atoms with Crippen molar-refractivity contribution in [2.75, 3.05) is 18.0 Å². The number of halogens is 1. The molecule has 1 aliphatic rings. The molecule has 1 atom stereocenters. The summed E-state index contributed by atoms with van der Waals surface area (Å²) in [6.45, 7) is 2.45. The quantitative estimate of drug-likeness (QED) is 0.804. The molecule has 2 N–H and O–H groups in total. The monoisotopic (exact) mass is 322 g/mol. The number of nitrogens with zero attached hydrogens (tertiary/aromatic N) is 1. The number of carbonyl (C=O) groups is 2. The third-order valence-corrected chi connectivity index (χ3v) is 3.96. The molecule has 0 radical (unpaired) electrons. The molecular formula is C17H23FN2O3. The second-order valence-corrected chi connectivity index (χ2v) is 5.81. The molecule has 126 valence electrons. The van der Waals surface area contributed by atoms with Crippen LogP contribution in [0.4, 0.5) is 10.1 Å². The number of aryl methyl sites for hydroxylation is 1. The molecule has 23 heavy (non-hydrogen) atoms. The van der Waals surface area contributed by atoms with Gasteiger partial charge < -0.3 is 15.3 Å². The fourth-order valence-electron chi connectivity index (χ4n) is 2.74. The van der Waals surface area contributed by atoms with Crippen LogP contribution in [0.5, 0.6) is 0 Å². The number of aliphatic hydroxyl groups excluding tert-OH is 1. The highest BCUT2D eigenvalue weighted by atomic mass is 19.1. The van der Waals surface area contributed by atoms with Crippen molar-refractivity contribution in [3.63, 3.8) is 0 Å². The highest BCUT2D eigenvalue weighted by molar-refractivity contribution is 5.97. The first-order valence-corrected chi connectivity index (χ1v) is 8.04. The molecule has 2 amide bonds. The lowest BCUT2D eigenvalue weighted by molar-refractivity contribution is -0.121. The maximum absolute atomic E-state index is 13.3. The summed E-state index contributed by atoms with van der Waals surface area (Å²) in [5.41, 5.74) is 1.48. The maximum atomic E-state index is 13.3. The minimum Gasteiger partial charge on any atom is -0.391 e. The van der Waals surface area contributed by atoms with Gasteiger partial charge in [0.1, 0.15) is 5.82 Å². The molecule has 1 aromatic rings. The fourth-order valence-corrected chi connectivity index (χ4v) is 2.74. The molecule has 0 spiro atoms. The van der Waals surface area contributed by atoms with Gasteiger partial charge in [0.05, 0.1) is 6.10 Å². The number of rotatable bonds is 7. The Labute approximate surface area is 135 Å². The Balaban J connectivity index is 1.90. The van der Waals surface area contributed by atoms with Crippen LogP contribution in [0.1, 0.15) is 38.2 Å². The van der Waals surface area contributed by atoms with E-state index in [1.54, 1.807) is 11.0 Å². The third-order valence-electron chi connectivity index (χ3n) is 3.96. The molecule has 1 unspecified atom stereocenters. The van der Waals surface area contributed by atoms with E-state index in [2.05, 4.69) is 5.32 Å². The summed E-state index contributed by atoms with van der Waals surface area (Å²) < 4.78 is 13.3. The maximum Gasteiger partial charge on any atom is 0.227 e. The van der Waals surface area contributed by atoms with Crippen LogP contribution in [0.2, 0.25) is 0 Å². The van der Waals surface area contributed by atoms with Crippen molar-refractivity contribution in [3.05, 3.63) is 29.6 Å². The third kappa shape index (κ3) is 4.76. The molecule has 0 saturated carbocycles. The molecule has 0 bridgehead atoms. The van der Waals surface area contributed by atoms with Crippen LogP contribution < -0.4 is 10.2 Å². The first kappa shape index (κ1) is 17.4. The fraction of sp³-hybridized carbons (Fsp3) is 0.529. The summed E-state index contributed by atoms with van der Waals surface area (Å²) >= 11 is 0. The SMILES string of the molecule is CCCC(O)CNC(=O)CCN1C(=O)CCc2cc(F)ccc21. The number of amides is 2. The lowest BCUT2D eigenvalue weighted by atomic mass is 10.0. The summed E-state index contributed by atoms with van der Waals surface area (Å²) in [6, 6.07) is 4.35. The van der Waals surface area contributed by atoms with Crippen LogP contribution in [0.3, 0.4) is 0 Å². The number of fused-ring (bicyclic) bond motifs is 1. The van der Waals surface area contributed by atoms with Crippen molar-refractivity contribution in [2.24, 2.45) is 0 Å². The summed E-state index contributed by atoms with van der Waals surface area (Å²) in [4.78, 5) is 25.5. The highest BCUT2D eigenvalue weighted by Gasteiger charge is 2.24. The second kappa shape index (κ2) is 8.06. The lowest BCUT2D eigenvalue weighted by Crippen LogP contribution is -2.39. The summed E-state index contributed by atoms with van der Waals surface area (Å²) in [6.07, 6.45) is 1.97. The van der Waals surface area contributed by atoms with Gasteiger partial charge in [0.25, 0.3) is 0 Å². The van der Waals surface area contributed by atoms with Crippen LogP contribution in [0, 0.1) is 5.82 Å². The van der Waals surface area contributed by atoms with E-state index in [0.717, 1.165) is 12.0 Å². The highest BCUT2D eigenvalue weighted by Crippen LogP contribution is 2.28. The summed E-state index contributed by atoms with van der Waals surface area (Å²) in [5.74, 6) is -0.578. The van der Waals surface area contributed by atoms with Crippen molar-refractivity contribution >= 4 is 17.5 Å². The molecule has 1 heterocycles. The Morgan fingerprint density at radius 1 is 1.43 bits per heavy atom. The van der Waals surface area contributed by atoms with Crippen LogP contribution in [-0.2, 0) is 16.0 Å².